The van der Waals surface area contributed by atoms with Crippen molar-refractivity contribution in [3.8, 4) is 11.1 Å². The van der Waals surface area contributed by atoms with Crippen LogP contribution >= 0.6 is 0 Å². The second-order valence-corrected chi connectivity index (χ2v) is 8.64. The molecule has 3 aromatic carbocycles. The maximum atomic E-state index is 14.7. The Balaban J connectivity index is 1.66. The van der Waals surface area contributed by atoms with Crippen LogP contribution in [0, 0.1) is 5.82 Å². The Kier molecular flexibility index (Phi) is 6.98. The van der Waals surface area contributed by atoms with Crippen molar-refractivity contribution >= 4 is 5.91 Å². The number of nitrogens with one attached hydrogen (secondary N) is 1. The van der Waals surface area contributed by atoms with Crippen LogP contribution in [0.15, 0.2) is 72.8 Å². The molecule has 0 saturated heterocycles. The average Bonchev–Trinajstić information content (AvgIpc) is 2.81. The number of benzene rings is 3. The summed E-state index contributed by atoms with van der Waals surface area (Å²) in [5.74, 6) is -0.997. The number of amides is 1. The standard InChI is InChI=1S/C27H30FN3O/c28-25-11-5-10-23(27(30)32)26(25)20-9-4-8-19(16-20)24(18-6-2-1-3-7-18)17-31-22-14-12-21(29)13-15-22/h1-11,16,21-22,24,31H,12-15,17,29H2,(H2,30,32). The van der Waals surface area contributed by atoms with Gasteiger partial charge in [0.25, 0.3) is 0 Å². The zero-order valence-corrected chi connectivity index (χ0v) is 18.1. The van der Waals surface area contributed by atoms with Gasteiger partial charge in [-0.05, 0) is 54.5 Å². The number of carbonyl (C=O) groups is 1. The summed E-state index contributed by atoms with van der Waals surface area (Å²) in [4.78, 5) is 11.9. The summed E-state index contributed by atoms with van der Waals surface area (Å²) >= 11 is 0. The molecular weight excluding hydrogens is 401 g/mol. The van der Waals surface area contributed by atoms with Crippen LogP contribution in [0.25, 0.3) is 11.1 Å². The van der Waals surface area contributed by atoms with Gasteiger partial charge in [0, 0.05) is 35.7 Å². The van der Waals surface area contributed by atoms with E-state index in [1.807, 2.05) is 36.4 Å². The minimum absolute atomic E-state index is 0.0931. The van der Waals surface area contributed by atoms with Crippen LogP contribution in [0.4, 0.5) is 4.39 Å². The Morgan fingerprint density at radius 2 is 1.62 bits per heavy atom. The highest BCUT2D eigenvalue weighted by Gasteiger charge is 2.22. The molecule has 0 aromatic heterocycles. The molecule has 1 atom stereocenters. The largest absolute Gasteiger partial charge is 0.366 e. The normalized spacial score (nSPS) is 19.4. The molecule has 3 aromatic rings. The van der Waals surface area contributed by atoms with Crippen molar-refractivity contribution in [2.24, 2.45) is 11.5 Å². The van der Waals surface area contributed by atoms with E-state index in [1.54, 1.807) is 6.07 Å². The molecule has 1 aliphatic carbocycles. The molecule has 166 valence electrons. The van der Waals surface area contributed by atoms with E-state index in [1.165, 1.54) is 17.7 Å². The second-order valence-electron chi connectivity index (χ2n) is 8.64. The Morgan fingerprint density at radius 1 is 0.938 bits per heavy atom. The van der Waals surface area contributed by atoms with Crippen molar-refractivity contribution in [3.63, 3.8) is 0 Å². The monoisotopic (exact) mass is 431 g/mol. The topological polar surface area (TPSA) is 81.1 Å². The lowest BCUT2D eigenvalue weighted by molar-refractivity contribution is 0.100. The maximum absolute atomic E-state index is 14.7. The average molecular weight is 432 g/mol. The molecule has 1 saturated carbocycles. The maximum Gasteiger partial charge on any atom is 0.249 e. The van der Waals surface area contributed by atoms with Gasteiger partial charge >= 0.3 is 0 Å². The van der Waals surface area contributed by atoms with Crippen LogP contribution in [0.1, 0.15) is 53.1 Å². The highest BCUT2D eigenvalue weighted by atomic mass is 19.1. The highest BCUT2D eigenvalue weighted by molar-refractivity contribution is 6.00. The lowest BCUT2D eigenvalue weighted by atomic mass is 9.87. The van der Waals surface area contributed by atoms with Gasteiger partial charge in [-0.1, -0.05) is 60.7 Å². The highest BCUT2D eigenvalue weighted by Crippen LogP contribution is 2.32. The SMILES string of the molecule is NC(=O)c1cccc(F)c1-c1cccc(C(CNC2CCC(N)CC2)c2ccccc2)c1. The molecule has 32 heavy (non-hydrogen) atoms. The van der Waals surface area contributed by atoms with E-state index < -0.39 is 11.7 Å². The summed E-state index contributed by atoms with van der Waals surface area (Å²) < 4.78 is 14.7. The summed E-state index contributed by atoms with van der Waals surface area (Å²) in [6.07, 6.45) is 4.26. The summed E-state index contributed by atoms with van der Waals surface area (Å²) in [5.41, 5.74) is 14.9. The van der Waals surface area contributed by atoms with Crippen molar-refractivity contribution in [1.82, 2.24) is 5.32 Å². The van der Waals surface area contributed by atoms with Crippen molar-refractivity contribution in [1.29, 1.82) is 0 Å². The van der Waals surface area contributed by atoms with Crippen LogP contribution in [-0.2, 0) is 0 Å². The molecule has 4 rings (SSSR count). The van der Waals surface area contributed by atoms with E-state index in [0.29, 0.717) is 17.6 Å². The Labute approximate surface area is 188 Å². The lowest BCUT2D eigenvalue weighted by Gasteiger charge is -2.29. The van der Waals surface area contributed by atoms with E-state index in [0.717, 1.165) is 37.8 Å². The molecule has 1 aliphatic rings. The summed E-state index contributed by atoms with van der Waals surface area (Å²) in [5, 5.41) is 3.74. The number of primary amides is 1. The van der Waals surface area contributed by atoms with Crippen LogP contribution < -0.4 is 16.8 Å². The van der Waals surface area contributed by atoms with Gasteiger partial charge in [0.05, 0.1) is 0 Å². The molecule has 0 spiro atoms. The number of hydrogen-bond acceptors (Lipinski definition) is 3. The third kappa shape index (κ3) is 5.06. The molecule has 4 nitrogen and oxygen atoms in total. The first-order valence-corrected chi connectivity index (χ1v) is 11.3. The third-order valence-corrected chi connectivity index (χ3v) is 6.44. The zero-order chi connectivity index (χ0) is 22.5. The van der Waals surface area contributed by atoms with Gasteiger partial charge in [0.2, 0.25) is 5.91 Å². The van der Waals surface area contributed by atoms with Gasteiger partial charge in [-0.2, -0.15) is 0 Å². The van der Waals surface area contributed by atoms with Crippen LogP contribution in [0.2, 0.25) is 0 Å². The first kappa shape index (κ1) is 22.2. The van der Waals surface area contributed by atoms with Crippen LogP contribution in [0.5, 0.6) is 0 Å². The Bertz CT molecular complexity index is 1060. The molecule has 0 heterocycles. The van der Waals surface area contributed by atoms with Crippen LogP contribution in [-0.4, -0.2) is 24.5 Å². The van der Waals surface area contributed by atoms with Gasteiger partial charge in [-0.3, -0.25) is 4.79 Å². The molecule has 0 radical (unpaired) electrons. The summed E-state index contributed by atoms with van der Waals surface area (Å²) in [6.45, 7) is 0.771. The van der Waals surface area contributed by atoms with E-state index >= 15 is 0 Å². The first-order valence-electron chi connectivity index (χ1n) is 11.3. The minimum atomic E-state index is -0.637. The fourth-order valence-corrected chi connectivity index (χ4v) is 4.66. The van der Waals surface area contributed by atoms with Crippen molar-refractivity contribution in [2.45, 2.75) is 43.7 Å². The zero-order valence-electron chi connectivity index (χ0n) is 18.1. The first-order chi connectivity index (χ1) is 15.5. The van der Waals surface area contributed by atoms with E-state index in [9.17, 15) is 9.18 Å². The smallest absolute Gasteiger partial charge is 0.249 e. The predicted molar refractivity (Wildman–Crippen MR) is 127 cm³/mol. The minimum Gasteiger partial charge on any atom is -0.366 e. The van der Waals surface area contributed by atoms with Crippen LogP contribution in [0.3, 0.4) is 0 Å². The number of hydrogen-bond donors (Lipinski definition) is 3. The Morgan fingerprint density at radius 3 is 2.34 bits per heavy atom. The molecule has 0 aliphatic heterocycles. The number of carbonyl (C=O) groups excluding carboxylic acids is 1. The molecule has 5 heteroatoms. The third-order valence-electron chi connectivity index (χ3n) is 6.44. The number of halogens is 1. The van der Waals surface area contributed by atoms with E-state index in [-0.39, 0.29) is 17.0 Å². The fraction of sp³-hybridized carbons (Fsp3) is 0.296. The molecular formula is C27H30FN3O. The predicted octanol–water partition coefficient (Wildman–Crippen LogP) is 4.58. The summed E-state index contributed by atoms with van der Waals surface area (Å²) in [6, 6.07) is 23.3. The fourth-order valence-electron chi connectivity index (χ4n) is 4.66. The Hall–Kier alpha value is -3.02. The van der Waals surface area contributed by atoms with Gasteiger partial charge in [-0.25, -0.2) is 4.39 Å². The summed E-state index contributed by atoms with van der Waals surface area (Å²) in [7, 11) is 0. The van der Waals surface area contributed by atoms with Crippen molar-refractivity contribution in [2.75, 3.05) is 6.54 Å². The number of nitrogens with two attached hydrogens (primary N) is 2. The quantitative estimate of drug-likeness (QED) is 0.512. The van der Waals surface area contributed by atoms with Gasteiger partial charge in [-0.15, -0.1) is 0 Å². The van der Waals surface area contributed by atoms with Gasteiger partial charge in [0.15, 0.2) is 0 Å². The second kappa shape index (κ2) is 10.1. The van der Waals surface area contributed by atoms with Crippen molar-refractivity contribution in [3.05, 3.63) is 95.3 Å². The lowest BCUT2D eigenvalue weighted by Crippen LogP contribution is -2.39. The van der Waals surface area contributed by atoms with E-state index in [4.69, 9.17) is 11.5 Å². The molecule has 1 fully saturated rings. The van der Waals surface area contributed by atoms with Gasteiger partial charge in [0.1, 0.15) is 5.82 Å². The molecule has 1 amide bonds. The van der Waals surface area contributed by atoms with Crippen molar-refractivity contribution < 1.29 is 9.18 Å². The molecule has 0 bridgehead atoms. The van der Waals surface area contributed by atoms with Gasteiger partial charge < -0.3 is 16.8 Å². The molecule has 5 N–H and O–H groups in total. The van der Waals surface area contributed by atoms with E-state index in [2.05, 4.69) is 23.5 Å². The number of rotatable bonds is 7. The molecule has 1 unspecified atom stereocenters.